The normalized spacial score (nSPS) is 13.7. The minimum Gasteiger partial charge on any atom is -0.462 e. The van der Waals surface area contributed by atoms with Crippen LogP contribution in [0.5, 0.6) is 0 Å². The van der Waals surface area contributed by atoms with E-state index in [9.17, 15) is 19.0 Å². The van der Waals surface area contributed by atoms with Gasteiger partial charge in [-0.15, -0.1) is 0 Å². The van der Waals surface area contributed by atoms with E-state index < -0.39 is 26.5 Å². The van der Waals surface area contributed by atoms with E-state index in [2.05, 4.69) is 86.8 Å². The monoisotopic (exact) mass is 1070 g/mol. The molecule has 0 fully saturated rings. The number of unbranched alkanes of at least 4 members (excludes halogenated alkanes) is 31. The predicted molar refractivity (Wildman–Crippen MR) is 321 cm³/mol. The first-order valence-corrected chi connectivity index (χ1v) is 32.7. The fourth-order valence-corrected chi connectivity index (χ4v) is 9.43. The summed E-state index contributed by atoms with van der Waals surface area (Å²) in [5, 5.41) is 0. The number of phosphoric ester groups is 1. The van der Waals surface area contributed by atoms with E-state index in [0.29, 0.717) is 17.4 Å². The molecule has 0 aliphatic heterocycles. The van der Waals surface area contributed by atoms with E-state index in [4.69, 9.17) is 18.5 Å². The summed E-state index contributed by atoms with van der Waals surface area (Å²) in [4.78, 5) is 35.7. The minimum absolute atomic E-state index is 0.0305. The molecular formula is C65H119NO8P+. The van der Waals surface area contributed by atoms with Crippen LogP contribution in [-0.4, -0.2) is 74.9 Å². The maximum absolute atomic E-state index is 12.8. The third-order valence-corrected chi connectivity index (χ3v) is 14.5. The summed E-state index contributed by atoms with van der Waals surface area (Å²) in [6, 6.07) is 0. The number of allylic oxidation sites excluding steroid dienone is 12. The number of ether oxygens (including phenoxy) is 2. The van der Waals surface area contributed by atoms with Crippen molar-refractivity contribution in [2.75, 3.05) is 47.5 Å². The third kappa shape index (κ3) is 60.5. The van der Waals surface area contributed by atoms with Gasteiger partial charge in [-0.25, -0.2) is 4.57 Å². The standard InChI is InChI=1S/C65H118NO8P/c1-6-8-10-12-14-16-18-20-22-24-26-27-28-29-30-31-32-33-34-35-36-37-38-39-40-42-44-46-48-50-52-54-56-58-65(68)74-63(62-73-75(69,70)72-60-59-66(3,4)5)61-71-64(67)57-55-53-51-49-47-45-43-41-25-23-21-19-17-15-13-11-9-7-2/h8,10,14,16,20,22-23,25-27,29-30,63H,6-7,9,11-13,15,17-19,21,24,28,31-62H2,1-5H3/p+1/b10-8-,16-14-,22-20-,25-23-,27-26-,30-29-. The molecule has 1 N–H and O–H groups in total. The zero-order chi connectivity index (χ0) is 54.9. The largest absolute Gasteiger partial charge is 0.472 e. The summed E-state index contributed by atoms with van der Waals surface area (Å²) in [6.07, 6.45) is 74.1. The van der Waals surface area contributed by atoms with E-state index in [1.54, 1.807) is 0 Å². The van der Waals surface area contributed by atoms with Crippen LogP contribution in [0.25, 0.3) is 0 Å². The highest BCUT2D eigenvalue weighted by molar-refractivity contribution is 7.47. The van der Waals surface area contributed by atoms with Gasteiger partial charge in [0.1, 0.15) is 19.8 Å². The molecule has 0 aromatic heterocycles. The molecule has 436 valence electrons. The average molecular weight is 1070 g/mol. The molecule has 2 atom stereocenters. The lowest BCUT2D eigenvalue weighted by Gasteiger charge is -2.24. The van der Waals surface area contributed by atoms with Crippen LogP contribution in [0.4, 0.5) is 0 Å². The first-order valence-electron chi connectivity index (χ1n) is 31.2. The lowest BCUT2D eigenvalue weighted by molar-refractivity contribution is -0.870. The first-order chi connectivity index (χ1) is 36.5. The van der Waals surface area contributed by atoms with Crippen molar-refractivity contribution in [1.29, 1.82) is 0 Å². The zero-order valence-electron chi connectivity index (χ0n) is 49.5. The number of esters is 2. The topological polar surface area (TPSA) is 108 Å². The molecule has 0 aromatic rings. The van der Waals surface area contributed by atoms with Gasteiger partial charge >= 0.3 is 19.8 Å². The predicted octanol–water partition coefficient (Wildman–Crippen LogP) is 19.7. The maximum atomic E-state index is 12.8. The van der Waals surface area contributed by atoms with Crippen molar-refractivity contribution in [3.63, 3.8) is 0 Å². The number of likely N-dealkylation sites (N-methyl/N-ethyl adjacent to an activating group) is 1. The van der Waals surface area contributed by atoms with Gasteiger partial charge in [0.15, 0.2) is 6.10 Å². The quantitative estimate of drug-likeness (QED) is 0.0211. The van der Waals surface area contributed by atoms with Crippen LogP contribution in [0.2, 0.25) is 0 Å². The summed E-state index contributed by atoms with van der Waals surface area (Å²) in [5.41, 5.74) is 0. The van der Waals surface area contributed by atoms with E-state index >= 15 is 0 Å². The van der Waals surface area contributed by atoms with Crippen LogP contribution in [0, 0.1) is 0 Å². The second-order valence-electron chi connectivity index (χ2n) is 22.1. The fraction of sp³-hybridized carbons (Fsp3) is 0.785. The lowest BCUT2D eigenvalue weighted by Crippen LogP contribution is -2.37. The molecule has 0 saturated heterocycles. The number of carbonyl (C=O) groups is 2. The lowest BCUT2D eigenvalue weighted by atomic mass is 10.0. The molecule has 0 aromatic carbocycles. The number of rotatable bonds is 57. The van der Waals surface area contributed by atoms with Gasteiger partial charge in [0, 0.05) is 12.8 Å². The Morgan fingerprint density at radius 3 is 1.15 bits per heavy atom. The SMILES string of the molecule is CC/C=C\C/C=C\C/C=C\C/C=C\C/C=C\CCCCCCCCCCCCCCCCCCCC(=O)OC(COC(=O)CCCCCCCCC/C=C\CCCCCCCCC)COP(=O)(O)OCC[N+](C)(C)C. The maximum Gasteiger partial charge on any atom is 0.472 e. The van der Waals surface area contributed by atoms with E-state index in [1.165, 1.54) is 180 Å². The molecule has 0 saturated carbocycles. The molecule has 10 heteroatoms. The van der Waals surface area contributed by atoms with Crippen LogP contribution in [0.15, 0.2) is 72.9 Å². The van der Waals surface area contributed by atoms with Crippen LogP contribution >= 0.6 is 7.82 Å². The number of quaternary nitrogens is 1. The van der Waals surface area contributed by atoms with Gasteiger partial charge < -0.3 is 18.9 Å². The second-order valence-corrected chi connectivity index (χ2v) is 23.5. The van der Waals surface area contributed by atoms with Crippen molar-refractivity contribution >= 4 is 19.8 Å². The summed E-state index contributed by atoms with van der Waals surface area (Å²) in [6.45, 7) is 4.34. The molecule has 0 rings (SSSR count). The Balaban J connectivity index is 4.06. The Morgan fingerprint density at radius 1 is 0.427 bits per heavy atom. The molecular weight excluding hydrogens is 954 g/mol. The van der Waals surface area contributed by atoms with Gasteiger partial charge in [0.25, 0.3) is 0 Å². The Labute approximate surface area is 463 Å². The number of nitrogens with zero attached hydrogens (tertiary/aromatic N) is 1. The Bertz CT molecular complexity index is 1500. The van der Waals surface area contributed by atoms with E-state index in [1.807, 2.05) is 21.1 Å². The van der Waals surface area contributed by atoms with Gasteiger partial charge in [-0.2, -0.15) is 0 Å². The van der Waals surface area contributed by atoms with Gasteiger partial charge in [-0.1, -0.05) is 254 Å². The van der Waals surface area contributed by atoms with Gasteiger partial charge in [-0.05, 0) is 83.5 Å². The highest BCUT2D eigenvalue weighted by Gasteiger charge is 2.27. The van der Waals surface area contributed by atoms with Crippen molar-refractivity contribution in [2.45, 2.75) is 283 Å². The van der Waals surface area contributed by atoms with E-state index in [0.717, 1.165) is 64.2 Å². The number of carbonyl (C=O) groups excluding carboxylic acids is 2. The second kappa shape index (κ2) is 56.2. The van der Waals surface area contributed by atoms with Gasteiger partial charge in [-0.3, -0.25) is 18.6 Å². The summed E-state index contributed by atoms with van der Waals surface area (Å²) < 4.78 is 34.6. The van der Waals surface area contributed by atoms with Crippen LogP contribution < -0.4 is 0 Å². The Kier molecular flexibility index (Phi) is 54.3. The van der Waals surface area contributed by atoms with E-state index in [-0.39, 0.29) is 32.0 Å². The molecule has 0 spiro atoms. The van der Waals surface area contributed by atoms with Gasteiger partial charge in [0.05, 0.1) is 27.7 Å². The summed E-state index contributed by atoms with van der Waals surface area (Å²) in [5.74, 6) is -0.794. The van der Waals surface area contributed by atoms with Crippen LogP contribution in [-0.2, 0) is 32.7 Å². The molecule has 9 nitrogen and oxygen atoms in total. The molecule has 0 aliphatic carbocycles. The van der Waals surface area contributed by atoms with Crippen molar-refractivity contribution in [2.24, 2.45) is 0 Å². The summed E-state index contributed by atoms with van der Waals surface area (Å²) >= 11 is 0. The number of phosphoric acid groups is 1. The van der Waals surface area contributed by atoms with Crippen LogP contribution in [0.1, 0.15) is 277 Å². The highest BCUT2D eigenvalue weighted by atomic mass is 31.2. The summed E-state index contributed by atoms with van der Waals surface area (Å²) in [7, 11) is 1.48. The molecule has 0 bridgehead atoms. The smallest absolute Gasteiger partial charge is 0.462 e. The molecule has 0 radical (unpaired) electrons. The highest BCUT2D eigenvalue weighted by Crippen LogP contribution is 2.43. The average Bonchev–Trinajstić information content (AvgIpc) is 3.37. The number of hydrogen-bond acceptors (Lipinski definition) is 7. The number of hydrogen-bond donors (Lipinski definition) is 1. The zero-order valence-corrected chi connectivity index (χ0v) is 50.4. The fourth-order valence-electron chi connectivity index (χ4n) is 8.69. The molecule has 2 unspecified atom stereocenters. The Morgan fingerprint density at radius 2 is 0.760 bits per heavy atom. The molecule has 0 aliphatic rings. The minimum atomic E-state index is -4.39. The molecule has 0 amide bonds. The third-order valence-electron chi connectivity index (χ3n) is 13.5. The van der Waals surface area contributed by atoms with Crippen molar-refractivity contribution < 1.29 is 42.1 Å². The molecule has 0 heterocycles. The van der Waals surface area contributed by atoms with Crippen molar-refractivity contribution in [3.8, 4) is 0 Å². The van der Waals surface area contributed by atoms with Crippen LogP contribution in [0.3, 0.4) is 0 Å². The first kappa shape index (κ1) is 72.5. The molecule has 75 heavy (non-hydrogen) atoms. The van der Waals surface area contributed by atoms with Crippen molar-refractivity contribution in [1.82, 2.24) is 0 Å². The Hall–Kier alpha value is -2.55. The van der Waals surface area contributed by atoms with Gasteiger partial charge in [0.2, 0.25) is 0 Å². The van der Waals surface area contributed by atoms with Crippen molar-refractivity contribution in [3.05, 3.63) is 72.9 Å².